The molecular formula is C24H22ClN3O4S2. The third-order valence-corrected chi connectivity index (χ3v) is 9.16. The highest BCUT2D eigenvalue weighted by Gasteiger charge is 2.35. The van der Waals surface area contributed by atoms with Crippen molar-refractivity contribution in [1.29, 1.82) is 0 Å². The van der Waals surface area contributed by atoms with Crippen LogP contribution in [0.25, 0.3) is 0 Å². The van der Waals surface area contributed by atoms with Crippen molar-refractivity contribution in [3.63, 3.8) is 0 Å². The summed E-state index contributed by atoms with van der Waals surface area (Å²) < 4.78 is 27.2. The van der Waals surface area contributed by atoms with Gasteiger partial charge in [0.1, 0.15) is 6.54 Å². The number of carbonyl (C=O) groups is 2. The molecular weight excluding hydrogens is 494 g/mol. The van der Waals surface area contributed by atoms with Crippen LogP contribution in [-0.2, 0) is 14.8 Å². The quantitative estimate of drug-likeness (QED) is 0.559. The molecule has 5 rings (SSSR count). The van der Waals surface area contributed by atoms with Crippen molar-refractivity contribution in [2.45, 2.75) is 23.8 Å². The molecule has 1 saturated heterocycles. The van der Waals surface area contributed by atoms with Gasteiger partial charge in [0.2, 0.25) is 15.9 Å². The van der Waals surface area contributed by atoms with Crippen LogP contribution in [0.5, 0.6) is 0 Å². The molecule has 2 aromatic carbocycles. The van der Waals surface area contributed by atoms with Gasteiger partial charge in [-0.15, -0.1) is 11.3 Å². The fourth-order valence-corrected chi connectivity index (χ4v) is 6.99. The van der Waals surface area contributed by atoms with Gasteiger partial charge in [0.25, 0.3) is 5.91 Å². The molecule has 1 unspecified atom stereocenters. The van der Waals surface area contributed by atoms with E-state index in [1.165, 1.54) is 44.8 Å². The third kappa shape index (κ3) is 4.24. The third-order valence-electron chi connectivity index (χ3n) is 6.09. The van der Waals surface area contributed by atoms with Crippen LogP contribution in [0, 0.1) is 0 Å². The van der Waals surface area contributed by atoms with Crippen LogP contribution in [0.3, 0.4) is 0 Å². The van der Waals surface area contributed by atoms with E-state index >= 15 is 0 Å². The van der Waals surface area contributed by atoms with E-state index in [1.807, 2.05) is 17.5 Å². The number of amides is 2. The molecule has 0 radical (unpaired) electrons. The summed E-state index contributed by atoms with van der Waals surface area (Å²) in [7, 11) is -3.58. The SMILES string of the molecule is O=C1CN(C(=O)c2ccc(S(=O)(=O)N3CCCC3)cc2)C(c2cccs2)c2cc(Cl)ccc2N1. The smallest absolute Gasteiger partial charge is 0.255 e. The molecule has 3 aromatic rings. The van der Waals surface area contributed by atoms with Gasteiger partial charge in [-0.05, 0) is 66.8 Å². The van der Waals surface area contributed by atoms with Crippen molar-refractivity contribution in [1.82, 2.24) is 9.21 Å². The Morgan fingerprint density at radius 2 is 1.79 bits per heavy atom. The van der Waals surface area contributed by atoms with E-state index in [9.17, 15) is 18.0 Å². The predicted octanol–water partition coefficient (Wildman–Crippen LogP) is 4.37. The summed E-state index contributed by atoms with van der Waals surface area (Å²) in [5.74, 6) is -0.685. The van der Waals surface area contributed by atoms with Gasteiger partial charge in [-0.2, -0.15) is 4.31 Å². The number of sulfonamides is 1. The predicted molar refractivity (Wildman–Crippen MR) is 132 cm³/mol. The minimum Gasteiger partial charge on any atom is -0.324 e. The van der Waals surface area contributed by atoms with Gasteiger partial charge in [-0.1, -0.05) is 17.7 Å². The Bertz CT molecular complexity index is 1340. The largest absolute Gasteiger partial charge is 0.324 e. The summed E-state index contributed by atoms with van der Waals surface area (Å²) in [4.78, 5) is 28.9. The molecule has 7 nitrogen and oxygen atoms in total. The molecule has 1 N–H and O–H groups in total. The van der Waals surface area contributed by atoms with E-state index < -0.39 is 16.1 Å². The number of rotatable bonds is 4. The topological polar surface area (TPSA) is 86.8 Å². The number of hydrogen-bond donors (Lipinski definition) is 1. The molecule has 0 saturated carbocycles. The Kier molecular flexibility index (Phi) is 6.20. The van der Waals surface area contributed by atoms with Crippen molar-refractivity contribution < 1.29 is 18.0 Å². The van der Waals surface area contributed by atoms with Crippen LogP contribution >= 0.6 is 22.9 Å². The lowest BCUT2D eigenvalue weighted by molar-refractivity contribution is -0.117. The average molecular weight is 516 g/mol. The molecule has 1 aromatic heterocycles. The fourth-order valence-electron chi connectivity index (χ4n) is 4.43. The molecule has 176 valence electrons. The van der Waals surface area contributed by atoms with Gasteiger partial charge in [0.15, 0.2) is 0 Å². The molecule has 0 bridgehead atoms. The van der Waals surface area contributed by atoms with E-state index in [4.69, 9.17) is 11.6 Å². The number of nitrogens with zero attached hydrogens (tertiary/aromatic N) is 2. The number of thiophene rings is 1. The summed E-state index contributed by atoms with van der Waals surface area (Å²) >= 11 is 7.76. The highest BCUT2D eigenvalue weighted by molar-refractivity contribution is 7.89. The maximum atomic E-state index is 13.7. The highest BCUT2D eigenvalue weighted by Crippen LogP contribution is 2.39. The first kappa shape index (κ1) is 23.0. The summed E-state index contributed by atoms with van der Waals surface area (Å²) in [6.07, 6.45) is 1.70. The van der Waals surface area contributed by atoms with Gasteiger partial charge in [0, 0.05) is 39.8 Å². The van der Waals surface area contributed by atoms with E-state index in [1.54, 1.807) is 18.2 Å². The molecule has 10 heteroatoms. The number of halogens is 1. The normalized spacial score (nSPS) is 18.9. The van der Waals surface area contributed by atoms with Crippen molar-refractivity contribution in [3.05, 3.63) is 81.0 Å². The summed E-state index contributed by atoms with van der Waals surface area (Å²) in [6.45, 7) is 0.869. The molecule has 34 heavy (non-hydrogen) atoms. The van der Waals surface area contributed by atoms with Gasteiger partial charge < -0.3 is 10.2 Å². The van der Waals surface area contributed by atoms with Crippen molar-refractivity contribution in [3.8, 4) is 0 Å². The fraction of sp³-hybridized carbons (Fsp3) is 0.250. The molecule has 0 aliphatic carbocycles. The Morgan fingerprint density at radius 3 is 2.47 bits per heavy atom. The van der Waals surface area contributed by atoms with E-state index in [0.29, 0.717) is 29.4 Å². The maximum absolute atomic E-state index is 13.7. The zero-order chi connectivity index (χ0) is 23.9. The van der Waals surface area contributed by atoms with Crippen LogP contribution < -0.4 is 5.32 Å². The van der Waals surface area contributed by atoms with Gasteiger partial charge >= 0.3 is 0 Å². The molecule has 2 amide bonds. The molecule has 3 heterocycles. The van der Waals surface area contributed by atoms with Crippen LogP contribution in [-0.4, -0.2) is 49.1 Å². The lowest BCUT2D eigenvalue weighted by Crippen LogP contribution is -2.38. The Hall–Kier alpha value is -2.72. The minimum atomic E-state index is -3.58. The number of carbonyl (C=O) groups excluding carboxylic acids is 2. The number of nitrogens with one attached hydrogen (secondary N) is 1. The van der Waals surface area contributed by atoms with Crippen molar-refractivity contribution in [2.75, 3.05) is 25.0 Å². The Morgan fingerprint density at radius 1 is 1.06 bits per heavy atom. The number of benzene rings is 2. The first-order chi connectivity index (χ1) is 16.3. The lowest BCUT2D eigenvalue weighted by atomic mass is 10.0. The second-order valence-electron chi connectivity index (χ2n) is 8.27. The van der Waals surface area contributed by atoms with Crippen LogP contribution in [0.2, 0.25) is 5.02 Å². The first-order valence-electron chi connectivity index (χ1n) is 10.9. The van der Waals surface area contributed by atoms with Crippen LogP contribution in [0.4, 0.5) is 5.69 Å². The Balaban J connectivity index is 1.52. The summed E-state index contributed by atoms with van der Waals surface area (Å²) in [5, 5.41) is 5.28. The Labute approximate surface area is 207 Å². The van der Waals surface area contributed by atoms with E-state index in [0.717, 1.165) is 23.3 Å². The van der Waals surface area contributed by atoms with Crippen molar-refractivity contribution >= 4 is 50.5 Å². The standard InChI is InChI=1S/C24H22ClN3O4S2/c25-17-7-10-20-19(14-17)23(21-4-3-13-33-21)28(15-22(29)26-20)24(30)16-5-8-18(9-6-16)34(31,32)27-11-1-2-12-27/h3-10,13-14,23H,1-2,11-12,15H2,(H,26,29). The average Bonchev–Trinajstić information content (AvgIpc) is 3.53. The second kappa shape index (κ2) is 9.14. The molecule has 2 aliphatic rings. The first-order valence-corrected chi connectivity index (χ1v) is 13.6. The monoisotopic (exact) mass is 515 g/mol. The number of fused-ring (bicyclic) bond motifs is 1. The molecule has 1 atom stereocenters. The number of anilines is 1. The van der Waals surface area contributed by atoms with E-state index in [-0.39, 0.29) is 23.3 Å². The van der Waals surface area contributed by atoms with Crippen LogP contribution in [0.15, 0.2) is 64.9 Å². The van der Waals surface area contributed by atoms with Crippen molar-refractivity contribution in [2.24, 2.45) is 0 Å². The molecule has 1 fully saturated rings. The molecule has 0 spiro atoms. The second-order valence-corrected chi connectivity index (χ2v) is 11.6. The zero-order valence-corrected chi connectivity index (χ0v) is 20.5. The van der Waals surface area contributed by atoms with Gasteiger partial charge in [-0.25, -0.2) is 8.42 Å². The molecule has 2 aliphatic heterocycles. The van der Waals surface area contributed by atoms with Crippen LogP contribution in [0.1, 0.15) is 39.7 Å². The minimum absolute atomic E-state index is 0.151. The van der Waals surface area contributed by atoms with E-state index in [2.05, 4.69) is 5.32 Å². The number of hydrogen-bond acceptors (Lipinski definition) is 5. The zero-order valence-electron chi connectivity index (χ0n) is 18.1. The summed E-state index contributed by atoms with van der Waals surface area (Å²) in [5.41, 5.74) is 1.64. The highest BCUT2D eigenvalue weighted by atomic mass is 35.5. The maximum Gasteiger partial charge on any atom is 0.255 e. The lowest BCUT2D eigenvalue weighted by Gasteiger charge is -2.29. The van der Waals surface area contributed by atoms with Gasteiger partial charge in [-0.3, -0.25) is 9.59 Å². The van der Waals surface area contributed by atoms with Gasteiger partial charge in [0.05, 0.1) is 10.9 Å². The summed E-state index contributed by atoms with van der Waals surface area (Å²) in [6, 6.07) is 14.4.